The Hall–Kier alpha value is -2.16. The molecule has 0 fully saturated rings. The summed E-state index contributed by atoms with van der Waals surface area (Å²) in [7, 11) is -3.51. The Kier molecular flexibility index (Phi) is 9.80. The molecule has 0 aromatic rings. The molecule has 1 amide bonds. The summed E-state index contributed by atoms with van der Waals surface area (Å²) in [4.78, 5) is 41.9. The fraction of sp³-hybridized carbons (Fsp3) is 0.455. The van der Waals surface area contributed by atoms with Gasteiger partial charge in [0.25, 0.3) is 17.9 Å². The van der Waals surface area contributed by atoms with Crippen LogP contribution in [0.25, 0.3) is 0 Å². The van der Waals surface area contributed by atoms with E-state index in [9.17, 15) is 19.2 Å². The molecule has 20 heavy (non-hydrogen) atoms. The van der Waals surface area contributed by atoms with Crippen molar-refractivity contribution in [2.24, 2.45) is 5.73 Å². The molecule has 9 heteroatoms. The highest BCUT2D eigenvalue weighted by Crippen LogP contribution is 2.16. The van der Waals surface area contributed by atoms with Gasteiger partial charge >= 0.3 is 8.80 Å². The van der Waals surface area contributed by atoms with Crippen molar-refractivity contribution in [2.45, 2.75) is 33.7 Å². The van der Waals surface area contributed by atoms with Crippen LogP contribution in [0.5, 0.6) is 0 Å². The smallest absolute Gasteiger partial charge is 0.455 e. The van der Waals surface area contributed by atoms with Gasteiger partial charge in [-0.15, -0.1) is 0 Å². The van der Waals surface area contributed by atoms with Crippen LogP contribution < -0.4 is 5.73 Å². The highest BCUT2D eigenvalue weighted by molar-refractivity contribution is 6.65. The molecule has 0 atom stereocenters. The van der Waals surface area contributed by atoms with Crippen molar-refractivity contribution in [1.29, 1.82) is 0 Å². The maximum atomic E-state index is 10.8. The Labute approximate surface area is 118 Å². The van der Waals surface area contributed by atoms with Crippen LogP contribution in [0.4, 0.5) is 0 Å². The third-order valence-electron chi connectivity index (χ3n) is 1.53. The van der Waals surface area contributed by atoms with Crippen molar-refractivity contribution in [3.8, 4) is 0 Å². The minimum absolute atomic E-state index is 0.158. The number of nitrogens with two attached hydrogens (primary N) is 1. The normalized spacial score (nSPS) is 9.40. The van der Waals surface area contributed by atoms with E-state index in [1.54, 1.807) is 6.92 Å². The van der Waals surface area contributed by atoms with Crippen LogP contribution in [0.2, 0.25) is 6.04 Å². The highest BCUT2D eigenvalue weighted by atomic mass is 28.4. The summed E-state index contributed by atoms with van der Waals surface area (Å²) in [6.07, 6.45) is 1.06. The lowest BCUT2D eigenvalue weighted by molar-refractivity contribution is -0.147. The van der Waals surface area contributed by atoms with E-state index in [0.717, 1.165) is 26.8 Å². The summed E-state index contributed by atoms with van der Waals surface area (Å²) < 4.78 is 14.5. The molecule has 2 N–H and O–H groups in total. The first-order chi connectivity index (χ1) is 9.08. The van der Waals surface area contributed by atoms with E-state index in [0.29, 0.717) is 0 Å². The number of hydrogen-bond acceptors (Lipinski definition) is 7. The van der Waals surface area contributed by atoms with Gasteiger partial charge in [-0.2, -0.15) is 0 Å². The number of primary amides is 1. The van der Waals surface area contributed by atoms with Gasteiger partial charge in [-0.1, -0.05) is 13.5 Å². The van der Waals surface area contributed by atoms with Crippen LogP contribution in [-0.4, -0.2) is 32.6 Å². The minimum atomic E-state index is -3.51. The van der Waals surface area contributed by atoms with E-state index < -0.39 is 32.6 Å². The zero-order valence-corrected chi connectivity index (χ0v) is 12.9. The van der Waals surface area contributed by atoms with Crippen LogP contribution in [0.3, 0.4) is 0 Å². The molecule has 0 aromatic carbocycles. The number of rotatable bonds is 5. The van der Waals surface area contributed by atoms with Crippen molar-refractivity contribution in [3.63, 3.8) is 0 Å². The number of hydrogen-bond donors (Lipinski definition) is 1. The van der Waals surface area contributed by atoms with Crippen molar-refractivity contribution in [1.82, 2.24) is 0 Å². The molecule has 0 spiro atoms. The molecule has 0 radical (unpaired) electrons. The Balaban J connectivity index is 0. The van der Waals surface area contributed by atoms with E-state index in [1.165, 1.54) is 0 Å². The molecule has 0 aliphatic heterocycles. The molecule has 0 saturated heterocycles. The Morgan fingerprint density at radius 3 is 1.35 bits per heavy atom. The largest absolute Gasteiger partial charge is 0.704 e. The van der Waals surface area contributed by atoms with E-state index in [2.05, 4.69) is 12.3 Å². The monoisotopic (exact) mass is 305 g/mol. The molecular weight excluding hydrogens is 286 g/mol. The third-order valence-corrected chi connectivity index (χ3v) is 4.19. The molecular formula is C11H19NO7Si. The second-order valence-corrected chi connectivity index (χ2v) is 6.11. The third kappa shape index (κ3) is 11.0. The van der Waals surface area contributed by atoms with Gasteiger partial charge in [0.1, 0.15) is 0 Å². The molecule has 0 bridgehead atoms. The first-order valence-corrected chi connectivity index (χ1v) is 7.52. The van der Waals surface area contributed by atoms with Crippen LogP contribution in [-0.2, 0) is 32.5 Å². The van der Waals surface area contributed by atoms with E-state index in [4.69, 9.17) is 13.3 Å². The van der Waals surface area contributed by atoms with E-state index in [1.807, 2.05) is 0 Å². The first-order valence-electron chi connectivity index (χ1n) is 5.59. The molecule has 0 heterocycles. The maximum Gasteiger partial charge on any atom is 0.704 e. The fourth-order valence-corrected chi connectivity index (χ4v) is 2.81. The van der Waals surface area contributed by atoms with Crippen LogP contribution in [0.1, 0.15) is 27.7 Å². The average molecular weight is 305 g/mol. The van der Waals surface area contributed by atoms with Gasteiger partial charge in [-0.25, -0.2) is 0 Å². The summed E-state index contributed by atoms with van der Waals surface area (Å²) in [6, 6.07) is 0.158. The Morgan fingerprint density at radius 1 is 1.00 bits per heavy atom. The lowest BCUT2D eigenvalue weighted by Gasteiger charge is -2.24. The quantitative estimate of drug-likeness (QED) is 0.572. The van der Waals surface area contributed by atoms with Gasteiger partial charge in [-0.05, 0) is 6.08 Å². The second kappa shape index (κ2) is 9.73. The summed E-state index contributed by atoms with van der Waals surface area (Å²) >= 11 is 0. The van der Waals surface area contributed by atoms with Crippen molar-refractivity contribution >= 4 is 32.6 Å². The summed E-state index contributed by atoms with van der Waals surface area (Å²) in [5.41, 5.74) is 4.53. The molecule has 8 nitrogen and oxygen atoms in total. The van der Waals surface area contributed by atoms with Crippen molar-refractivity contribution in [2.75, 3.05) is 0 Å². The fourth-order valence-electron chi connectivity index (χ4n) is 0.936. The standard InChI is InChI=1S/C8H14O6Si.C3H5NO/c1-5-15(12-6(2)9,13-7(3)10)14-8(4)11;1-2-3(4)5/h5H2,1-4H3;2H,1H2,(H2,4,5). The second-order valence-electron chi connectivity index (χ2n) is 3.42. The Bertz CT molecular complexity index is 353. The molecule has 114 valence electrons. The Morgan fingerprint density at radius 2 is 1.25 bits per heavy atom. The highest BCUT2D eigenvalue weighted by Gasteiger charge is 2.49. The van der Waals surface area contributed by atoms with Gasteiger partial charge < -0.3 is 19.0 Å². The van der Waals surface area contributed by atoms with Crippen molar-refractivity contribution < 1.29 is 32.5 Å². The number of carbonyl (C=O) groups is 4. The molecule has 0 saturated carbocycles. The van der Waals surface area contributed by atoms with Crippen LogP contribution >= 0.6 is 0 Å². The maximum absolute atomic E-state index is 10.8. The zero-order chi connectivity index (χ0) is 16.3. The van der Waals surface area contributed by atoms with Crippen molar-refractivity contribution in [3.05, 3.63) is 12.7 Å². The number of amides is 1. The van der Waals surface area contributed by atoms with E-state index in [-0.39, 0.29) is 6.04 Å². The predicted octanol–water partition coefficient (Wildman–Crippen LogP) is 0.292. The lowest BCUT2D eigenvalue weighted by Crippen LogP contribution is -2.48. The first kappa shape index (κ1) is 20.2. The minimum Gasteiger partial charge on any atom is -0.455 e. The van der Waals surface area contributed by atoms with Crippen LogP contribution in [0, 0.1) is 0 Å². The molecule has 0 aromatic heterocycles. The van der Waals surface area contributed by atoms with Gasteiger partial charge in [0.05, 0.1) is 6.04 Å². The average Bonchev–Trinajstić information content (AvgIpc) is 2.26. The molecule has 0 rings (SSSR count). The summed E-state index contributed by atoms with van der Waals surface area (Å²) in [6.45, 7) is 8.17. The summed E-state index contributed by atoms with van der Waals surface area (Å²) in [5.74, 6) is -2.42. The van der Waals surface area contributed by atoms with E-state index >= 15 is 0 Å². The SMILES string of the molecule is C=CC(N)=O.CC[Si](OC(C)=O)(OC(C)=O)OC(C)=O. The van der Waals surface area contributed by atoms with Gasteiger partial charge in [-0.3, -0.25) is 19.2 Å². The molecule has 0 aliphatic carbocycles. The van der Waals surface area contributed by atoms with Gasteiger partial charge in [0.2, 0.25) is 5.91 Å². The number of carbonyl (C=O) groups excluding carboxylic acids is 4. The van der Waals surface area contributed by atoms with Gasteiger partial charge in [0.15, 0.2) is 0 Å². The topological polar surface area (TPSA) is 122 Å². The van der Waals surface area contributed by atoms with Crippen LogP contribution in [0.15, 0.2) is 12.7 Å². The zero-order valence-electron chi connectivity index (χ0n) is 11.9. The predicted molar refractivity (Wildman–Crippen MR) is 70.9 cm³/mol. The lowest BCUT2D eigenvalue weighted by atomic mass is 10.6. The van der Waals surface area contributed by atoms with Gasteiger partial charge in [0, 0.05) is 20.8 Å². The summed E-state index contributed by atoms with van der Waals surface area (Å²) in [5, 5.41) is 0. The molecule has 0 aliphatic rings. The molecule has 0 unspecified atom stereocenters.